The van der Waals surface area contributed by atoms with Gasteiger partial charge >= 0.3 is 11.9 Å². The van der Waals surface area contributed by atoms with Crippen LogP contribution < -0.4 is 0 Å². The number of hydrogen-bond donors (Lipinski definition) is 1. The van der Waals surface area contributed by atoms with Crippen molar-refractivity contribution in [2.45, 2.75) is 96.4 Å². The third-order valence-corrected chi connectivity index (χ3v) is 10.4. The summed E-state index contributed by atoms with van der Waals surface area (Å²) in [5.41, 5.74) is -5.74. The molecule has 2 fully saturated rings. The molecule has 4 aliphatic carbocycles. The molecule has 0 radical (unpaired) electrons. The second-order valence-corrected chi connectivity index (χ2v) is 12.6. The Labute approximate surface area is 243 Å². The Kier molecular flexibility index (Phi) is 8.70. The Balaban J connectivity index is 1.70. The number of aliphatic hydroxyl groups excluding tert-OH is 1. The van der Waals surface area contributed by atoms with Crippen molar-refractivity contribution in [2.75, 3.05) is 13.2 Å². The number of nitrogens with zero attached hydrogens (tertiary/aromatic N) is 1. The molecular weight excluding hydrogens is 553 g/mol. The van der Waals surface area contributed by atoms with Crippen LogP contribution in [0, 0.1) is 38.7 Å². The number of alkyl halides is 1. The molecule has 0 heterocycles. The van der Waals surface area contributed by atoms with Gasteiger partial charge in [-0.15, -0.1) is 10.1 Å². The molecule has 0 saturated heterocycles. The van der Waals surface area contributed by atoms with Crippen LogP contribution in [0.2, 0.25) is 0 Å². The Morgan fingerprint density at radius 2 is 1.90 bits per heavy atom. The summed E-state index contributed by atoms with van der Waals surface area (Å²) in [5.74, 6) is -4.17. The maximum absolute atomic E-state index is 17.5. The predicted molar refractivity (Wildman–Crippen MR) is 145 cm³/mol. The van der Waals surface area contributed by atoms with Gasteiger partial charge in [-0.1, -0.05) is 44.9 Å². The first-order valence-corrected chi connectivity index (χ1v) is 14.6. The first kappa shape index (κ1) is 31.8. The maximum Gasteiger partial charge on any atom is 0.308 e. The monoisotopic (exact) mass is 593 g/mol. The van der Waals surface area contributed by atoms with Crippen molar-refractivity contribution in [3.05, 3.63) is 33.9 Å². The molecule has 0 aliphatic heterocycles. The van der Waals surface area contributed by atoms with Crippen molar-refractivity contribution in [1.82, 2.24) is 0 Å². The Bertz CT molecular complexity index is 1220. The predicted octanol–water partition coefficient (Wildman–Crippen LogP) is 3.79. The summed E-state index contributed by atoms with van der Waals surface area (Å²) in [6.07, 6.45) is 4.50. The zero-order valence-corrected chi connectivity index (χ0v) is 24.6. The van der Waals surface area contributed by atoms with E-state index in [0.717, 1.165) is 0 Å². The third-order valence-electron chi connectivity index (χ3n) is 10.4. The van der Waals surface area contributed by atoms with E-state index in [9.17, 15) is 34.4 Å². The van der Waals surface area contributed by atoms with E-state index in [0.29, 0.717) is 24.8 Å². The third kappa shape index (κ3) is 4.85. The first-order chi connectivity index (χ1) is 19.7. The fourth-order valence-electron chi connectivity index (χ4n) is 8.39. The molecule has 0 aromatic heterocycles. The molecule has 4 aliphatic rings. The minimum absolute atomic E-state index is 0.0546. The van der Waals surface area contributed by atoms with Crippen molar-refractivity contribution < 1.29 is 48.1 Å². The van der Waals surface area contributed by atoms with Crippen LogP contribution in [0.15, 0.2) is 23.8 Å². The van der Waals surface area contributed by atoms with Crippen molar-refractivity contribution in [1.29, 1.82) is 0 Å². The van der Waals surface area contributed by atoms with Crippen molar-refractivity contribution in [3.63, 3.8) is 0 Å². The second kappa shape index (κ2) is 11.5. The zero-order chi connectivity index (χ0) is 31.1. The number of fused-ring (bicyclic) bond motifs is 5. The van der Waals surface area contributed by atoms with E-state index >= 15 is 4.39 Å². The summed E-state index contributed by atoms with van der Waals surface area (Å²) in [6, 6.07) is 0. The number of carbonyl (C=O) groups is 4. The van der Waals surface area contributed by atoms with Crippen molar-refractivity contribution >= 4 is 23.5 Å². The second-order valence-electron chi connectivity index (χ2n) is 12.6. The molecule has 232 valence electrons. The van der Waals surface area contributed by atoms with E-state index in [1.54, 1.807) is 26.8 Å². The lowest BCUT2D eigenvalue weighted by Gasteiger charge is -2.62. The number of ether oxygens (including phenoxy) is 2. The SMILES string of the molecule is CCCCC(=O)O[C@]1(C(=O)COC(=O)CCO[N+](=O)[O-])[C@@H](C)C[C@H]2C3CC=C4CC(=O)C=C[C@]4(C)[C@@]3(F)[C@@H](O)C[C@@]21C. The minimum atomic E-state index is -2.13. The lowest BCUT2D eigenvalue weighted by molar-refractivity contribution is -0.757. The van der Waals surface area contributed by atoms with E-state index in [-0.39, 0.29) is 31.5 Å². The number of ketones is 2. The first-order valence-electron chi connectivity index (χ1n) is 14.6. The van der Waals surface area contributed by atoms with Gasteiger partial charge in [-0.05, 0) is 44.6 Å². The highest BCUT2D eigenvalue weighted by molar-refractivity contribution is 5.94. The molecule has 2 saturated carbocycles. The molecule has 0 amide bonds. The highest BCUT2D eigenvalue weighted by Gasteiger charge is 2.77. The molecule has 42 heavy (non-hydrogen) atoms. The molecule has 0 aromatic carbocycles. The van der Waals surface area contributed by atoms with Gasteiger partial charge in [-0.25, -0.2) is 4.39 Å². The van der Waals surface area contributed by atoms with Crippen LogP contribution in [0.1, 0.15) is 79.1 Å². The molecular formula is C30H40FNO10. The molecule has 8 atom stereocenters. The van der Waals surface area contributed by atoms with Gasteiger partial charge < -0.3 is 19.4 Å². The highest BCUT2D eigenvalue weighted by Crippen LogP contribution is 2.71. The van der Waals surface area contributed by atoms with Crippen LogP contribution in [0.3, 0.4) is 0 Å². The summed E-state index contributed by atoms with van der Waals surface area (Å²) in [7, 11) is 0. The van der Waals surface area contributed by atoms with E-state index in [4.69, 9.17) is 9.47 Å². The number of allylic oxidation sites excluding steroid dienone is 4. The lowest BCUT2D eigenvalue weighted by atomic mass is 9.45. The van der Waals surface area contributed by atoms with E-state index in [1.165, 1.54) is 6.08 Å². The van der Waals surface area contributed by atoms with E-state index < -0.39 is 88.4 Å². The molecule has 1 unspecified atom stereocenters. The molecule has 11 nitrogen and oxygen atoms in total. The van der Waals surface area contributed by atoms with Gasteiger partial charge in [-0.3, -0.25) is 19.2 Å². The van der Waals surface area contributed by atoms with Gasteiger partial charge in [-0.2, -0.15) is 0 Å². The standard InChI is InChI=1S/C30H40FNO10/c1-5-6-7-26(37)42-30(24(35)17-40-25(36)11-13-41-32(38)39)18(2)14-22-21-9-8-19-15-20(33)10-12-27(19,3)29(21,31)23(34)16-28(22,30)4/h8,10,12,18,21-23,34H,5-7,9,11,13-17H2,1-4H3/t18-,21?,22-,23-,27-,28-,29-,30-/m0/s1. The van der Waals surface area contributed by atoms with Crippen LogP contribution in [0.25, 0.3) is 0 Å². The molecule has 0 aromatic rings. The molecule has 0 spiro atoms. The van der Waals surface area contributed by atoms with Gasteiger partial charge in [0.1, 0.15) is 6.61 Å². The van der Waals surface area contributed by atoms with Crippen LogP contribution in [-0.2, 0) is 33.5 Å². The number of halogens is 1. The highest BCUT2D eigenvalue weighted by atomic mass is 19.1. The fraction of sp³-hybridized carbons (Fsp3) is 0.733. The Morgan fingerprint density at radius 1 is 1.19 bits per heavy atom. The maximum atomic E-state index is 17.5. The summed E-state index contributed by atoms with van der Waals surface area (Å²) >= 11 is 0. The number of aliphatic hydroxyl groups is 1. The smallest absolute Gasteiger partial charge is 0.308 e. The molecule has 1 N–H and O–H groups in total. The Morgan fingerprint density at radius 3 is 2.57 bits per heavy atom. The number of rotatable bonds is 11. The molecule has 4 rings (SSSR count). The molecule has 12 heteroatoms. The topological polar surface area (TPSA) is 159 Å². The van der Waals surface area contributed by atoms with Gasteiger partial charge in [0.05, 0.1) is 12.5 Å². The quantitative estimate of drug-likeness (QED) is 0.162. The number of carbonyl (C=O) groups excluding carboxylic acids is 4. The van der Waals surface area contributed by atoms with Crippen molar-refractivity contribution in [2.24, 2.45) is 28.6 Å². The zero-order valence-electron chi connectivity index (χ0n) is 24.6. The average Bonchev–Trinajstić information content (AvgIpc) is 3.13. The van der Waals surface area contributed by atoms with E-state index in [1.807, 2.05) is 13.0 Å². The van der Waals surface area contributed by atoms with Gasteiger partial charge in [0, 0.05) is 35.5 Å². The summed E-state index contributed by atoms with van der Waals surface area (Å²) in [5, 5.41) is 21.0. The Hall–Kier alpha value is -3.15. The number of esters is 2. The summed E-state index contributed by atoms with van der Waals surface area (Å²) < 4.78 is 28.8. The van der Waals surface area contributed by atoms with Crippen LogP contribution in [0.5, 0.6) is 0 Å². The van der Waals surface area contributed by atoms with Crippen LogP contribution >= 0.6 is 0 Å². The average molecular weight is 594 g/mol. The fourth-order valence-corrected chi connectivity index (χ4v) is 8.39. The minimum Gasteiger partial charge on any atom is -0.457 e. The van der Waals surface area contributed by atoms with E-state index in [2.05, 4.69) is 4.84 Å². The van der Waals surface area contributed by atoms with Crippen LogP contribution in [0.4, 0.5) is 4.39 Å². The van der Waals surface area contributed by atoms with Gasteiger partial charge in [0.25, 0.3) is 5.09 Å². The van der Waals surface area contributed by atoms with Gasteiger partial charge in [0.15, 0.2) is 23.7 Å². The number of hydrogen-bond acceptors (Lipinski definition) is 10. The number of unbranched alkanes of at least 4 members (excludes halogenated alkanes) is 1. The van der Waals surface area contributed by atoms with Crippen molar-refractivity contribution in [3.8, 4) is 0 Å². The largest absolute Gasteiger partial charge is 0.457 e. The normalized spacial score (nSPS) is 38.4. The summed E-state index contributed by atoms with van der Waals surface area (Å²) in [4.78, 5) is 66.1. The van der Waals surface area contributed by atoms with Gasteiger partial charge in [0.2, 0.25) is 5.78 Å². The number of Topliss-reactive ketones (excluding diaryl/α,β-unsaturated/α-hetero) is 1. The lowest BCUT2D eigenvalue weighted by Crippen LogP contribution is -2.69. The molecule has 0 bridgehead atoms. The van der Waals surface area contributed by atoms with Crippen LogP contribution in [-0.4, -0.2) is 64.3 Å². The summed E-state index contributed by atoms with van der Waals surface area (Å²) in [6.45, 7) is 5.78.